The second-order valence-corrected chi connectivity index (χ2v) is 9.56. The number of ketones is 1. The van der Waals surface area contributed by atoms with Gasteiger partial charge in [0.2, 0.25) is 5.91 Å². The fraction of sp³-hybridized carbons (Fsp3) is 0.345. The third-order valence-corrected chi connectivity index (χ3v) is 7.05. The number of likely N-dealkylation sites (tertiary alicyclic amines) is 1. The van der Waals surface area contributed by atoms with Crippen LogP contribution in [-0.2, 0) is 4.79 Å². The first-order valence-electron chi connectivity index (χ1n) is 11.7. The van der Waals surface area contributed by atoms with E-state index in [2.05, 4.69) is 73.3 Å². The molecule has 5 heteroatoms. The zero-order valence-corrected chi connectivity index (χ0v) is 21.0. The quantitative estimate of drug-likeness (QED) is 0.317. The zero-order valence-electron chi connectivity index (χ0n) is 20.2. The number of carbonyl (C=O) groups is 2. The van der Waals surface area contributed by atoms with Gasteiger partial charge in [-0.2, -0.15) is 0 Å². The smallest absolute Gasteiger partial charge is 0.223 e. The van der Waals surface area contributed by atoms with Crippen molar-refractivity contribution in [3.63, 3.8) is 0 Å². The lowest BCUT2D eigenvalue weighted by Crippen LogP contribution is -2.37. The summed E-state index contributed by atoms with van der Waals surface area (Å²) in [6.07, 6.45) is 7.94. The lowest BCUT2D eigenvalue weighted by molar-refractivity contribution is -0.132. The Hall–Kier alpha value is -3.23. The predicted octanol–water partition coefficient (Wildman–Crippen LogP) is 6.44. The third-order valence-electron chi connectivity index (χ3n) is 6.04. The molecule has 2 aromatic carbocycles. The summed E-state index contributed by atoms with van der Waals surface area (Å²) in [5.74, 6) is 3.02. The molecule has 0 saturated carbocycles. The standard InChI is InChI=1S/C15H18N2O2S.C14H14/c1-3-4-5-14(19)17-8-6-12(7-9-17)15-16-13(10-20-15)11(2)18;1-11-8-9-12(2)14(10-11)13-6-4-3-5-7-13/h1,10,12H,4-9H2,2H3;3-10H,1-2H3. The van der Waals surface area contributed by atoms with E-state index in [0.29, 0.717) is 24.5 Å². The fourth-order valence-corrected chi connectivity index (χ4v) is 5.04. The molecule has 4 nitrogen and oxygen atoms in total. The first kappa shape index (κ1) is 25.4. The van der Waals surface area contributed by atoms with Crippen LogP contribution in [0.1, 0.15) is 65.1 Å². The highest BCUT2D eigenvalue weighted by Crippen LogP contribution is 2.30. The number of nitrogens with zero attached hydrogens (tertiary/aromatic N) is 2. The predicted molar refractivity (Wildman–Crippen MR) is 140 cm³/mol. The van der Waals surface area contributed by atoms with Crippen LogP contribution in [0.4, 0.5) is 0 Å². The molecule has 0 aliphatic carbocycles. The van der Waals surface area contributed by atoms with Crippen LogP contribution in [0, 0.1) is 26.2 Å². The number of thiazole rings is 1. The van der Waals surface area contributed by atoms with E-state index < -0.39 is 0 Å². The number of aromatic nitrogens is 1. The van der Waals surface area contributed by atoms with Crippen LogP contribution in [0.2, 0.25) is 0 Å². The number of rotatable bonds is 5. The van der Waals surface area contributed by atoms with Gasteiger partial charge in [0.05, 0.1) is 5.01 Å². The van der Waals surface area contributed by atoms with E-state index in [4.69, 9.17) is 6.42 Å². The van der Waals surface area contributed by atoms with Crippen molar-refractivity contribution in [2.24, 2.45) is 0 Å². The second kappa shape index (κ2) is 12.3. The van der Waals surface area contributed by atoms with Crippen molar-refractivity contribution in [1.82, 2.24) is 9.88 Å². The number of hydrogen-bond donors (Lipinski definition) is 0. The molecule has 1 aliphatic rings. The van der Waals surface area contributed by atoms with Crippen LogP contribution in [0.15, 0.2) is 53.9 Å². The number of hydrogen-bond acceptors (Lipinski definition) is 4. The number of benzene rings is 2. The van der Waals surface area contributed by atoms with Gasteiger partial charge in [-0.05, 0) is 43.4 Å². The van der Waals surface area contributed by atoms with Crippen molar-refractivity contribution in [3.05, 3.63) is 75.7 Å². The van der Waals surface area contributed by atoms with Crippen molar-refractivity contribution in [3.8, 4) is 23.5 Å². The Bertz CT molecular complexity index is 1150. The van der Waals surface area contributed by atoms with Crippen molar-refractivity contribution in [2.45, 2.75) is 52.4 Å². The molecule has 4 rings (SSSR count). The normalized spacial score (nSPS) is 13.5. The number of carbonyl (C=O) groups excluding carboxylic acids is 2. The van der Waals surface area contributed by atoms with E-state index in [0.717, 1.165) is 30.9 Å². The molecule has 176 valence electrons. The molecule has 1 saturated heterocycles. The van der Waals surface area contributed by atoms with Gasteiger partial charge in [0.1, 0.15) is 5.69 Å². The van der Waals surface area contributed by atoms with Crippen molar-refractivity contribution in [1.29, 1.82) is 0 Å². The molecule has 0 N–H and O–H groups in total. The van der Waals surface area contributed by atoms with Gasteiger partial charge in [-0.3, -0.25) is 9.59 Å². The van der Waals surface area contributed by atoms with Gasteiger partial charge >= 0.3 is 0 Å². The highest BCUT2D eigenvalue weighted by Gasteiger charge is 2.25. The van der Waals surface area contributed by atoms with E-state index in [9.17, 15) is 9.59 Å². The molecule has 0 radical (unpaired) electrons. The van der Waals surface area contributed by atoms with Crippen LogP contribution in [0.3, 0.4) is 0 Å². The van der Waals surface area contributed by atoms with Crippen LogP contribution < -0.4 is 0 Å². The highest BCUT2D eigenvalue weighted by atomic mass is 32.1. The zero-order chi connectivity index (χ0) is 24.5. The topological polar surface area (TPSA) is 50.3 Å². The van der Waals surface area contributed by atoms with Gasteiger partial charge in [0.25, 0.3) is 0 Å². The average Bonchev–Trinajstić information content (AvgIpc) is 3.36. The molecule has 0 atom stereocenters. The molecule has 1 amide bonds. The lowest BCUT2D eigenvalue weighted by atomic mass is 9.97. The van der Waals surface area contributed by atoms with Crippen molar-refractivity contribution >= 4 is 23.0 Å². The molecule has 34 heavy (non-hydrogen) atoms. The van der Waals surface area contributed by atoms with Crippen LogP contribution in [0.5, 0.6) is 0 Å². The summed E-state index contributed by atoms with van der Waals surface area (Å²) in [5, 5.41) is 2.84. The summed E-state index contributed by atoms with van der Waals surface area (Å²) in [5.41, 5.74) is 5.84. The maximum absolute atomic E-state index is 11.9. The van der Waals surface area contributed by atoms with E-state index >= 15 is 0 Å². The molecule has 1 fully saturated rings. The Morgan fingerprint density at radius 2 is 1.82 bits per heavy atom. The summed E-state index contributed by atoms with van der Waals surface area (Å²) in [4.78, 5) is 29.4. The Balaban J connectivity index is 0.000000202. The Morgan fingerprint density at radius 3 is 2.44 bits per heavy atom. The van der Waals surface area contributed by atoms with Crippen molar-refractivity contribution in [2.75, 3.05) is 13.1 Å². The van der Waals surface area contributed by atoms with E-state index in [-0.39, 0.29) is 11.7 Å². The minimum atomic E-state index is 0.00870. The summed E-state index contributed by atoms with van der Waals surface area (Å²) in [6, 6.07) is 17.1. The van der Waals surface area contributed by atoms with Gasteiger partial charge in [0.15, 0.2) is 5.78 Å². The highest BCUT2D eigenvalue weighted by molar-refractivity contribution is 7.09. The number of piperidine rings is 1. The van der Waals surface area contributed by atoms with Crippen LogP contribution >= 0.6 is 11.3 Å². The molecule has 0 spiro atoms. The van der Waals surface area contributed by atoms with Gasteiger partial charge in [-0.15, -0.1) is 23.7 Å². The van der Waals surface area contributed by atoms with Crippen LogP contribution in [0.25, 0.3) is 11.1 Å². The molecule has 2 heterocycles. The van der Waals surface area contributed by atoms with E-state index in [1.54, 1.807) is 11.3 Å². The summed E-state index contributed by atoms with van der Waals surface area (Å²) in [7, 11) is 0. The Kier molecular flexibility index (Phi) is 9.18. The molecular weight excluding hydrogens is 440 g/mol. The number of amides is 1. The SMILES string of the molecule is C#CCCC(=O)N1CCC(c2nc(C(C)=O)cs2)CC1.Cc1ccc(C)c(-c2ccccc2)c1. The van der Waals surface area contributed by atoms with Gasteiger partial charge in [-0.25, -0.2) is 4.98 Å². The largest absolute Gasteiger partial charge is 0.343 e. The van der Waals surface area contributed by atoms with E-state index in [1.165, 1.54) is 29.2 Å². The number of terminal acetylenes is 1. The molecule has 3 aromatic rings. The number of aryl methyl sites for hydroxylation is 2. The monoisotopic (exact) mass is 472 g/mol. The Morgan fingerprint density at radius 1 is 1.12 bits per heavy atom. The summed E-state index contributed by atoms with van der Waals surface area (Å²) >= 11 is 1.55. The molecule has 0 unspecified atom stereocenters. The minimum absolute atomic E-state index is 0.00870. The number of Topliss-reactive ketones (excluding diaryl/α,β-unsaturated/α-hetero) is 1. The molecule has 0 bridgehead atoms. The first-order chi connectivity index (χ1) is 16.4. The fourth-order valence-electron chi connectivity index (χ4n) is 4.01. The van der Waals surface area contributed by atoms with Crippen LogP contribution in [-0.4, -0.2) is 34.7 Å². The Labute approximate surface area is 207 Å². The van der Waals surface area contributed by atoms with Gasteiger partial charge in [0, 0.05) is 44.2 Å². The molecule has 1 aliphatic heterocycles. The minimum Gasteiger partial charge on any atom is -0.343 e. The second-order valence-electron chi connectivity index (χ2n) is 8.67. The van der Waals surface area contributed by atoms with Gasteiger partial charge in [-0.1, -0.05) is 54.1 Å². The maximum Gasteiger partial charge on any atom is 0.223 e. The van der Waals surface area contributed by atoms with E-state index in [1.807, 2.05) is 10.3 Å². The van der Waals surface area contributed by atoms with Gasteiger partial charge < -0.3 is 4.90 Å². The third kappa shape index (κ3) is 6.88. The summed E-state index contributed by atoms with van der Waals surface area (Å²) < 4.78 is 0. The lowest BCUT2D eigenvalue weighted by Gasteiger charge is -2.31. The molecular formula is C29H32N2O2S. The molecule has 1 aromatic heterocycles. The maximum atomic E-state index is 11.9. The summed E-state index contributed by atoms with van der Waals surface area (Å²) in [6.45, 7) is 7.32. The van der Waals surface area contributed by atoms with Crippen molar-refractivity contribution < 1.29 is 9.59 Å². The average molecular weight is 473 g/mol. The first-order valence-corrected chi connectivity index (χ1v) is 12.6.